The Kier molecular flexibility index (Phi) is 5.54. The Labute approximate surface area is 161 Å². The third-order valence-corrected chi connectivity index (χ3v) is 4.58. The Balaban J connectivity index is 2.23. The van der Waals surface area contributed by atoms with Crippen LogP contribution in [0.1, 0.15) is 23.5 Å². The molecule has 0 radical (unpaired) electrons. The number of para-hydroxylation sites is 1. The number of carbonyl (C=O) groups excluding carboxylic acids is 1. The molecule has 0 bridgehead atoms. The van der Waals surface area contributed by atoms with Crippen molar-refractivity contribution in [3.8, 4) is 17.2 Å². The van der Waals surface area contributed by atoms with Crippen LogP contribution in [0.3, 0.4) is 0 Å². The lowest BCUT2D eigenvalue weighted by molar-refractivity contribution is -0.140. The van der Waals surface area contributed by atoms with Crippen LogP contribution in [0.15, 0.2) is 51.7 Å². The number of carbonyl (C=O) groups is 1. The number of benzene rings is 2. The molecule has 0 spiro atoms. The summed E-state index contributed by atoms with van der Waals surface area (Å²) in [5.41, 5.74) is 0.0926. The molecule has 0 aliphatic carbocycles. The third kappa shape index (κ3) is 3.51. The summed E-state index contributed by atoms with van der Waals surface area (Å²) in [4.78, 5) is 24.7. The molecule has 28 heavy (non-hydrogen) atoms. The lowest BCUT2D eigenvalue weighted by Gasteiger charge is -2.19. The average Bonchev–Trinajstić information content (AvgIpc) is 2.72. The van der Waals surface area contributed by atoms with Crippen LogP contribution in [0, 0.1) is 0 Å². The highest BCUT2D eigenvalue weighted by Crippen LogP contribution is 2.39. The van der Waals surface area contributed by atoms with Gasteiger partial charge in [-0.25, -0.2) is 4.79 Å². The summed E-state index contributed by atoms with van der Waals surface area (Å²) in [5, 5.41) is 11.2. The van der Waals surface area contributed by atoms with Crippen LogP contribution in [0.2, 0.25) is 0 Å². The highest BCUT2D eigenvalue weighted by molar-refractivity contribution is 5.84. The first-order valence-electron chi connectivity index (χ1n) is 8.53. The normalized spacial score (nSPS) is 11.8. The number of methoxy groups -OCH3 is 3. The van der Waals surface area contributed by atoms with Gasteiger partial charge in [0, 0.05) is 5.92 Å². The van der Waals surface area contributed by atoms with Crippen molar-refractivity contribution < 1.29 is 28.5 Å². The molecule has 0 aliphatic rings. The molecule has 146 valence electrons. The van der Waals surface area contributed by atoms with Crippen molar-refractivity contribution in [3.63, 3.8) is 0 Å². The number of hydrogen-bond donors (Lipinski definition) is 1. The quantitative estimate of drug-likeness (QED) is 0.515. The molecule has 1 aromatic heterocycles. The lowest BCUT2D eigenvalue weighted by Crippen LogP contribution is -2.18. The van der Waals surface area contributed by atoms with Gasteiger partial charge >= 0.3 is 11.6 Å². The SMILES string of the molecule is COC(=O)CC(c1ccc(OC)c(OC)c1)c1c(O)c2ccccc2oc1=O. The molecule has 1 heterocycles. The van der Waals surface area contributed by atoms with Gasteiger partial charge in [0.2, 0.25) is 0 Å². The number of esters is 1. The second-order valence-electron chi connectivity index (χ2n) is 6.10. The first-order chi connectivity index (χ1) is 13.5. The first-order valence-corrected chi connectivity index (χ1v) is 8.53. The van der Waals surface area contributed by atoms with Crippen LogP contribution < -0.4 is 15.1 Å². The number of ether oxygens (including phenoxy) is 3. The van der Waals surface area contributed by atoms with Gasteiger partial charge in [-0.05, 0) is 29.8 Å². The largest absolute Gasteiger partial charge is 0.507 e. The smallest absolute Gasteiger partial charge is 0.343 e. The zero-order chi connectivity index (χ0) is 20.3. The van der Waals surface area contributed by atoms with Gasteiger partial charge < -0.3 is 23.7 Å². The van der Waals surface area contributed by atoms with Crippen LogP contribution in [0.5, 0.6) is 17.2 Å². The van der Waals surface area contributed by atoms with E-state index in [0.717, 1.165) is 0 Å². The lowest BCUT2D eigenvalue weighted by atomic mass is 9.88. The Morgan fingerprint density at radius 3 is 2.46 bits per heavy atom. The van der Waals surface area contributed by atoms with Crippen LogP contribution in [-0.4, -0.2) is 32.4 Å². The number of hydrogen-bond acceptors (Lipinski definition) is 7. The predicted molar refractivity (Wildman–Crippen MR) is 102 cm³/mol. The van der Waals surface area contributed by atoms with E-state index in [4.69, 9.17) is 18.6 Å². The summed E-state index contributed by atoms with van der Waals surface area (Å²) in [5.74, 6) is -0.632. The van der Waals surface area contributed by atoms with Gasteiger partial charge in [-0.1, -0.05) is 18.2 Å². The van der Waals surface area contributed by atoms with E-state index in [1.54, 1.807) is 42.5 Å². The standard InChI is InChI=1S/C21H20O7/c1-25-16-9-8-12(10-17(16)26-2)14(11-18(22)27-3)19-20(23)13-6-4-5-7-15(13)28-21(19)24/h4-10,14,23H,11H2,1-3H3. The Morgan fingerprint density at radius 1 is 1.07 bits per heavy atom. The Hall–Kier alpha value is -3.48. The Bertz CT molecular complexity index is 1070. The summed E-state index contributed by atoms with van der Waals surface area (Å²) < 4.78 is 20.7. The highest BCUT2D eigenvalue weighted by atomic mass is 16.5. The molecule has 3 rings (SSSR count). The molecular weight excluding hydrogens is 364 g/mol. The fourth-order valence-electron chi connectivity index (χ4n) is 3.16. The van der Waals surface area contributed by atoms with Gasteiger partial charge in [0.05, 0.1) is 38.7 Å². The van der Waals surface area contributed by atoms with Crippen molar-refractivity contribution in [1.82, 2.24) is 0 Å². The molecule has 7 heteroatoms. The minimum absolute atomic E-state index is 0.0173. The first kappa shape index (κ1) is 19.3. The van der Waals surface area contributed by atoms with E-state index in [9.17, 15) is 14.7 Å². The van der Waals surface area contributed by atoms with Gasteiger partial charge in [0.15, 0.2) is 11.5 Å². The summed E-state index contributed by atoms with van der Waals surface area (Å²) >= 11 is 0. The molecular formula is C21H20O7. The molecule has 1 N–H and O–H groups in total. The minimum atomic E-state index is -0.798. The number of fused-ring (bicyclic) bond motifs is 1. The van der Waals surface area contributed by atoms with Crippen LogP contribution in [0.25, 0.3) is 11.0 Å². The maximum atomic E-state index is 12.7. The molecule has 0 fully saturated rings. The van der Waals surface area contributed by atoms with E-state index >= 15 is 0 Å². The van der Waals surface area contributed by atoms with Gasteiger partial charge in [0.1, 0.15) is 11.3 Å². The molecule has 0 saturated heterocycles. The van der Waals surface area contributed by atoms with Crippen LogP contribution in [0.4, 0.5) is 0 Å². The van der Waals surface area contributed by atoms with Crippen molar-refractivity contribution in [3.05, 3.63) is 64.0 Å². The van der Waals surface area contributed by atoms with Crippen molar-refractivity contribution in [2.75, 3.05) is 21.3 Å². The monoisotopic (exact) mass is 384 g/mol. The summed E-state index contributed by atoms with van der Waals surface area (Å²) in [6, 6.07) is 11.7. The van der Waals surface area contributed by atoms with E-state index in [0.29, 0.717) is 22.4 Å². The average molecular weight is 384 g/mol. The summed E-state index contributed by atoms with van der Waals surface area (Å²) in [6.07, 6.45) is -0.164. The van der Waals surface area contributed by atoms with E-state index in [1.165, 1.54) is 21.3 Å². The zero-order valence-electron chi connectivity index (χ0n) is 15.7. The van der Waals surface area contributed by atoms with Crippen molar-refractivity contribution in [2.24, 2.45) is 0 Å². The molecule has 1 atom stereocenters. The fraction of sp³-hybridized carbons (Fsp3) is 0.238. The molecule has 2 aromatic carbocycles. The Morgan fingerprint density at radius 2 is 1.79 bits per heavy atom. The van der Waals surface area contributed by atoms with Gasteiger partial charge in [-0.15, -0.1) is 0 Å². The predicted octanol–water partition coefficient (Wildman–Crippen LogP) is 3.21. The second-order valence-corrected chi connectivity index (χ2v) is 6.10. The van der Waals surface area contributed by atoms with E-state index < -0.39 is 17.5 Å². The molecule has 0 amide bonds. The van der Waals surface area contributed by atoms with E-state index in [2.05, 4.69) is 0 Å². The van der Waals surface area contributed by atoms with Crippen LogP contribution >= 0.6 is 0 Å². The van der Waals surface area contributed by atoms with Gasteiger partial charge in [-0.2, -0.15) is 0 Å². The topological polar surface area (TPSA) is 95.2 Å². The summed E-state index contributed by atoms with van der Waals surface area (Å²) in [7, 11) is 4.25. The summed E-state index contributed by atoms with van der Waals surface area (Å²) in [6.45, 7) is 0. The van der Waals surface area contributed by atoms with Crippen molar-refractivity contribution in [2.45, 2.75) is 12.3 Å². The van der Waals surface area contributed by atoms with Gasteiger partial charge in [0.25, 0.3) is 0 Å². The van der Waals surface area contributed by atoms with Crippen molar-refractivity contribution in [1.29, 1.82) is 0 Å². The molecule has 0 aliphatic heterocycles. The second kappa shape index (κ2) is 8.04. The highest BCUT2D eigenvalue weighted by Gasteiger charge is 2.28. The maximum absolute atomic E-state index is 12.7. The molecule has 0 saturated carbocycles. The van der Waals surface area contributed by atoms with E-state index in [-0.39, 0.29) is 23.3 Å². The van der Waals surface area contributed by atoms with Crippen molar-refractivity contribution >= 4 is 16.9 Å². The maximum Gasteiger partial charge on any atom is 0.343 e. The fourth-order valence-corrected chi connectivity index (χ4v) is 3.16. The van der Waals surface area contributed by atoms with Gasteiger partial charge in [-0.3, -0.25) is 4.79 Å². The number of rotatable bonds is 6. The third-order valence-electron chi connectivity index (χ3n) is 4.58. The van der Waals surface area contributed by atoms with Crippen LogP contribution in [-0.2, 0) is 9.53 Å². The minimum Gasteiger partial charge on any atom is -0.507 e. The molecule has 3 aromatic rings. The zero-order valence-corrected chi connectivity index (χ0v) is 15.7. The molecule has 7 nitrogen and oxygen atoms in total. The molecule has 1 unspecified atom stereocenters. The van der Waals surface area contributed by atoms with E-state index in [1.807, 2.05) is 0 Å². The number of aromatic hydroxyl groups is 1.